The lowest BCUT2D eigenvalue weighted by Crippen LogP contribution is -2.48. The predicted molar refractivity (Wildman–Crippen MR) is 132 cm³/mol. The molecule has 0 aromatic heterocycles. The number of nitrogens with one attached hydrogen (secondary N) is 2. The number of aryl methyl sites for hydroxylation is 1. The molecule has 3 atom stereocenters. The number of nitro benzene ring substituents is 1. The maximum absolute atomic E-state index is 13.5. The van der Waals surface area contributed by atoms with E-state index in [1.54, 1.807) is 19.1 Å². The third-order valence-electron chi connectivity index (χ3n) is 6.27. The Morgan fingerprint density at radius 3 is 2.62 bits per heavy atom. The van der Waals surface area contributed by atoms with E-state index < -0.39 is 11.0 Å². The van der Waals surface area contributed by atoms with Crippen molar-refractivity contribution in [2.75, 3.05) is 18.4 Å². The zero-order valence-electron chi connectivity index (χ0n) is 20.1. The van der Waals surface area contributed by atoms with Crippen LogP contribution in [0.3, 0.4) is 0 Å². The first-order valence-electron chi connectivity index (χ1n) is 12.0. The van der Waals surface area contributed by atoms with Gasteiger partial charge in [-0.25, -0.2) is 0 Å². The molecular weight excluding hydrogens is 432 g/mol. The second kappa shape index (κ2) is 11.7. The van der Waals surface area contributed by atoms with Crippen LogP contribution in [0.5, 0.6) is 0 Å². The van der Waals surface area contributed by atoms with E-state index in [9.17, 15) is 19.7 Å². The summed E-state index contributed by atoms with van der Waals surface area (Å²) in [4.78, 5) is 39.5. The minimum atomic E-state index is -0.661. The highest BCUT2D eigenvalue weighted by Crippen LogP contribution is 2.31. The normalized spacial score (nSPS) is 18.0. The van der Waals surface area contributed by atoms with E-state index in [0.717, 1.165) is 36.8 Å². The zero-order valence-corrected chi connectivity index (χ0v) is 20.1. The maximum atomic E-state index is 13.5. The Morgan fingerprint density at radius 2 is 1.94 bits per heavy atom. The van der Waals surface area contributed by atoms with Crippen molar-refractivity contribution < 1.29 is 14.5 Å². The molecule has 0 saturated carbocycles. The zero-order chi connectivity index (χ0) is 24.7. The van der Waals surface area contributed by atoms with Gasteiger partial charge in [-0.1, -0.05) is 49.7 Å². The fourth-order valence-electron chi connectivity index (χ4n) is 4.58. The van der Waals surface area contributed by atoms with Crippen molar-refractivity contribution >= 4 is 23.2 Å². The van der Waals surface area contributed by atoms with E-state index >= 15 is 0 Å². The van der Waals surface area contributed by atoms with Gasteiger partial charge in [0.15, 0.2) is 0 Å². The van der Waals surface area contributed by atoms with E-state index in [1.165, 1.54) is 6.07 Å². The lowest BCUT2D eigenvalue weighted by atomic mass is 9.93. The van der Waals surface area contributed by atoms with E-state index in [0.29, 0.717) is 13.1 Å². The number of piperidine rings is 1. The lowest BCUT2D eigenvalue weighted by molar-refractivity contribution is -0.384. The van der Waals surface area contributed by atoms with Gasteiger partial charge in [-0.15, -0.1) is 0 Å². The third-order valence-corrected chi connectivity index (χ3v) is 6.27. The van der Waals surface area contributed by atoms with Crippen LogP contribution in [0.1, 0.15) is 56.7 Å². The number of hydrogen-bond donors (Lipinski definition) is 2. The molecule has 2 aromatic carbocycles. The molecule has 1 heterocycles. The van der Waals surface area contributed by atoms with Crippen LogP contribution in [-0.2, 0) is 9.59 Å². The highest BCUT2D eigenvalue weighted by Gasteiger charge is 2.35. The van der Waals surface area contributed by atoms with Crippen LogP contribution in [0, 0.1) is 23.0 Å². The number of hydrogen-bond acceptors (Lipinski definition) is 5. The van der Waals surface area contributed by atoms with Crippen molar-refractivity contribution in [3.63, 3.8) is 0 Å². The van der Waals surface area contributed by atoms with Gasteiger partial charge in [0.1, 0.15) is 11.7 Å². The van der Waals surface area contributed by atoms with E-state index in [1.807, 2.05) is 42.2 Å². The van der Waals surface area contributed by atoms with Gasteiger partial charge in [0, 0.05) is 18.7 Å². The van der Waals surface area contributed by atoms with Crippen molar-refractivity contribution in [1.29, 1.82) is 0 Å². The Labute approximate surface area is 200 Å². The number of nitro groups is 1. The van der Waals surface area contributed by atoms with Crippen LogP contribution < -0.4 is 10.6 Å². The van der Waals surface area contributed by atoms with E-state index in [4.69, 9.17) is 0 Å². The molecule has 1 fully saturated rings. The fourth-order valence-corrected chi connectivity index (χ4v) is 4.58. The number of carbonyl (C=O) groups excluding carboxylic acids is 2. The highest BCUT2D eigenvalue weighted by atomic mass is 16.6. The topological polar surface area (TPSA) is 105 Å². The van der Waals surface area contributed by atoms with Gasteiger partial charge in [-0.05, 0) is 56.8 Å². The van der Waals surface area contributed by atoms with Crippen LogP contribution in [0.4, 0.5) is 11.4 Å². The molecule has 0 aliphatic carbocycles. The molecule has 8 nitrogen and oxygen atoms in total. The molecule has 0 bridgehead atoms. The number of anilines is 1. The Morgan fingerprint density at radius 1 is 1.21 bits per heavy atom. The molecule has 1 aliphatic rings. The van der Waals surface area contributed by atoms with E-state index in [2.05, 4.69) is 17.6 Å². The molecule has 2 N–H and O–H groups in total. The smallest absolute Gasteiger partial charge is 0.293 e. The predicted octanol–water partition coefficient (Wildman–Crippen LogP) is 4.60. The Hall–Kier alpha value is -3.26. The standard InChI is InChI=1S/C26H34N4O4/c1-4-9-19(3)27-25(31)21-12-8-15-29(17-21)24(20-10-6-5-7-11-20)26(32)28-22-14-13-18(2)16-23(22)30(33)34/h5-7,10-11,13-14,16,19,21,24H,4,8-9,12,15,17H2,1-3H3,(H,27,31)(H,28,32). The number of amides is 2. The Kier molecular flexibility index (Phi) is 8.76. The van der Waals surface area contributed by atoms with Crippen molar-refractivity contribution in [2.24, 2.45) is 5.92 Å². The first-order chi connectivity index (χ1) is 16.3. The molecule has 2 amide bonds. The SMILES string of the molecule is CCCC(C)NC(=O)C1CCCN(C(C(=O)Nc2ccc(C)cc2[N+](=O)[O-])c2ccccc2)C1. The van der Waals surface area contributed by atoms with Gasteiger partial charge < -0.3 is 10.6 Å². The molecule has 182 valence electrons. The number of nitrogens with zero attached hydrogens (tertiary/aromatic N) is 2. The summed E-state index contributed by atoms with van der Waals surface area (Å²) < 4.78 is 0. The summed E-state index contributed by atoms with van der Waals surface area (Å²) in [6.45, 7) is 6.99. The lowest BCUT2D eigenvalue weighted by Gasteiger charge is -2.37. The van der Waals surface area contributed by atoms with Gasteiger partial charge >= 0.3 is 0 Å². The average molecular weight is 467 g/mol. The monoisotopic (exact) mass is 466 g/mol. The first kappa shape index (κ1) is 25.4. The van der Waals surface area contributed by atoms with Crippen LogP contribution >= 0.6 is 0 Å². The van der Waals surface area contributed by atoms with Crippen molar-refractivity contribution in [1.82, 2.24) is 10.2 Å². The molecule has 0 spiro atoms. The molecule has 34 heavy (non-hydrogen) atoms. The average Bonchev–Trinajstić information content (AvgIpc) is 2.81. The van der Waals surface area contributed by atoms with Gasteiger partial charge in [0.2, 0.25) is 11.8 Å². The van der Waals surface area contributed by atoms with Gasteiger partial charge in [-0.3, -0.25) is 24.6 Å². The van der Waals surface area contributed by atoms with Gasteiger partial charge in [0.25, 0.3) is 5.69 Å². The summed E-state index contributed by atoms with van der Waals surface area (Å²) in [6, 6.07) is 13.6. The maximum Gasteiger partial charge on any atom is 0.293 e. The number of rotatable bonds is 9. The molecular formula is C26H34N4O4. The number of benzene rings is 2. The summed E-state index contributed by atoms with van der Waals surface area (Å²) in [7, 11) is 0. The fraction of sp³-hybridized carbons (Fsp3) is 0.462. The number of carbonyl (C=O) groups is 2. The van der Waals surface area contributed by atoms with Crippen molar-refractivity contribution in [3.05, 3.63) is 69.8 Å². The Balaban J connectivity index is 1.84. The second-order valence-electron chi connectivity index (χ2n) is 9.11. The van der Waals surface area contributed by atoms with Crippen molar-refractivity contribution in [2.45, 2.75) is 58.5 Å². The molecule has 1 aliphatic heterocycles. The number of likely N-dealkylation sites (tertiary alicyclic amines) is 1. The third kappa shape index (κ3) is 6.41. The molecule has 0 radical (unpaired) electrons. The Bertz CT molecular complexity index is 1010. The van der Waals surface area contributed by atoms with Crippen LogP contribution in [-0.4, -0.2) is 40.8 Å². The van der Waals surface area contributed by atoms with Crippen LogP contribution in [0.2, 0.25) is 0 Å². The minimum Gasteiger partial charge on any atom is -0.353 e. The molecule has 1 saturated heterocycles. The highest BCUT2D eigenvalue weighted by molar-refractivity contribution is 5.97. The second-order valence-corrected chi connectivity index (χ2v) is 9.11. The van der Waals surface area contributed by atoms with E-state index in [-0.39, 0.29) is 35.1 Å². The van der Waals surface area contributed by atoms with Gasteiger partial charge in [0.05, 0.1) is 10.8 Å². The van der Waals surface area contributed by atoms with Crippen molar-refractivity contribution in [3.8, 4) is 0 Å². The minimum absolute atomic E-state index is 0.0204. The summed E-state index contributed by atoms with van der Waals surface area (Å²) in [5.41, 5.74) is 1.56. The quantitative estimate of drug-likeness (QED) is 0.415. The summed E-state index contributed by atoms with van der Waals surface area (Å²) in [5, 5.41) is 17.4. The van der Waals surface area contributed by atoms with Gasteiger partial charge in [-0.2, -0.15) is 0 Å². The molecule has 8 heteroatoms. The summed E-state index contributed by atoms with van der Waals surface area (Å²) >= 11 is 0. The summed E-state index contributed by atoms with van der Waals surface area (Å²) in [5.74, 6) is -0.536. The molecule has 2 aromatic rings. The van der Waals surface area contributed by atoms with Crippen LogP contribution in [0.25, 0.3) is 0 Å². The van der Waals surface area contributed by atoms with Crippen LogP contribution in [0.15, 0.2) is 48.5 Å². The molecule has 3 rings (SSSR count). The molecule has 3 unspecified atom stereocenters. The summed E-state index contributed by atoms with van der Waals surface area (Å²) in [6.07, 6.45) is 3.49. The largest absolute Gasteiger partial charge is 0.353 e. The first-order valence-corrected chi connectivity index (χ1v) is 12.0.